The summed E-state index contributed by atoms with van der Waals surface area (Å²) in [5.41, 5.74) is 1.21. The molecule has 1 aromatic heterocycles. The van der Waals surface area contributed by atoms with Gasteiger partial charge in [-0.3, -0.25) is 14.8 Å². The van der Waals surface area contributed by atoms with Crippen LogP contribution in [0.25, 0.3) is 0 Å². The SMILES string of the molecule is CCOC(=O)c1ccc(C)c(NS(=O)(=O)c2nnc(NC(=O)c3ccccc3Cl)s2)c1. The number of carbonyl (C=O) groups excluding carboxylic acids is 2. The Morgan fingerprint density at radius 3 is 2.61 bits per heavy atom. The van der Waals surface area contributed by atoms with Gasteiger partial charge < -0.3 is 4.74 Å². The minimum absolute atomic E-state index is 0.0118. The van der Waals surface area contributed by atoms with Gasteiger partial charge in [-0.25, -0.2) is 4.79 Å². The highest BCUT2D eigenvalue weighted by molar-refractivity contribution is 7.94. The van der Waals surface area contributed by atoms with Crippen LogP contribution in [0.4, 0.5) is 10.8 Å². The first-order chi connectivity index (χ1) is 14.7. The summed E-state index contributed by atoms with van der Waals surface area (Å²) in [7, 11) is -4.11. The summed E-state index contributed by atoms with van der Waals surface area (Å²) >= 11 is 6.66. The number of aromatic nitrogens is 2. The van der Waals surface area contributed by atoms with Crippen LogP contribution in [0.1, 0.15) is 33.2 Å². The number of sulfonamides is 1. The normalized spacial score (nSPS) is 11.1. The average molecular weight is 481 g/mol. The second-order valence-electron chi connectivity index (χ2n) is 6.16. The largest absolute Gasteiger partial charge is 0.462 e. The Hall–Kier alpha value is -3.02. The number of ether oxygens (including phenoxy) is 1. The molecule has 0 bridgehead atoms. The zero-order chi connectivity index (χ0) is 22.6. The van der Waals surface area contributed by atoms with Gasteiger partial charge >= 0.3 is 5.97 Å². The fourth-order valence-electron chi connectivity index (χ4n) is 2.44. The van der Waals surface area contributed by atoms with Gasteiger partial charge in [0.15, 0.2) is 0 Å². The number of rotatable bonds is 7. The third-order valence-electron chi connectivity index (χ3n) is 3.97. The van der Waals surface area contributed by atoms with E-state index in [9.17, 15) is 18.0 Å². The molecule has 2 aromatic carbocycles. The number of esters is 1. The predicted octanol–water partition coefficient (Wildman–Crippen LogP) is 3.73. The Bertz CT molecular complexity index is 1240. The minimum atomic E-state index is -4.11. The summed E-state index contributed by atoms with van der Waals surface area (Å²) in [5, 5.41) is 10.1. The van der Waals surface area contributed by atoms with Crippen molar-refractivity contribution in [1.29, 1.82) is 0 Å². The van der Waals surface area contributed by atoms with Crippen LogP contribution in [0.5, 0.6) is 0 Å². The Morgan fingerprint density at radius 2 is 1.90 bits per heavy atom. The molecule has 1 amide bonds. The minimum Gasteiger partial charge on any atom is -0.462 e. The molecule has 0 aliphatic carbocycles. The van der Waals surface area contributed by atoms with E-state index >= 15 is 0 Å². The number of aryl methyl sites for hydroxylation is 1. The number of nitrogens with zero attached hydrogens (tertiary/aromatic N) is 2. The van der Waals surface area contributed by atoms with Gasteiger partial charge in [0.1, 0.15) is 0 Å². The molecule has 0 fully saturated rings. The van der Waals surface area contributed by atoms with E-state index in [4.69, 9.17) is 16.3 Å². The predicted molar refractivity (Wildman–Crippen MR) is 117 cm³/mol. The molecule has 0 spiro atoms. The van der Waals surface area contributed by atoms with E-state index in [0.717, 1.165) is 0 Å². The topological polar surface area (TPSA) is 127 Å². The van der Waals surface area contributed by atoms with Gasteiger partial charge in [-0.05, 0) is 43.7 Å². The maximum atomic E-state index is 12.7. The molecule has 31 heavy (non-hydrogen) atoms. The summed E-state index contributed by atoms with van der Waals surface area (Å²) < 4.78 is 32.4. The highest BCUT2D eigenvalue weighted by Gasteiger charge is 2.23. The number of hydrogen-bond acceptors (Lipinski definition) is 8. The van der Waals surface area contributed by atoms with Crippen molar-refractivity contribution < 1.29 is 22.7 Å². The van der Waals surface area contributed by atoms with Crippen LogP contribution in [0, 0.1) is 6.92 Å². The van der Waals surface area contributed by atoms with Crippen molar-refractivity contribution in [3.05, 3.63) is 64.2 Å². The molecule has 0 saturated heterocycles. The van der Waals surface area contributed by atoms with E-state index in [-0.39, 0.29) is 37.9 Å². The average Bonchev–Trinajstić information content (AvgIpc) is 3.19. The molecule has 2 N–H and O–H groups in total. The number of anilines is 2. The summed E-state index contributed by atoms with van der Waals surface area (Å²) in [5.74, 6) is -1.11. The third kappa shape index (κ3) is 5.37. The monoisotopic (exact) mass is 480 g/mol. The molecule has 1 heterocycles. The van der Waals surface area contributed by atoms with Gasteiger partial charge in [-0.15, -0.1) is 10.2 Å². The van der Waals surface area contributed by atoms with Gasteiger partial charge in [0.25, 0.3) is 20.3 Å². The molecule has 0 saturated carbocycles. The number of halogens is 1. The molecular weight excluding hydrogens is 464 g/mol. The number of carbonyl (C=O) groups is 2. The lowest BCUT2D eigenvalue weighted by Crippen LogP contribution is -2.14. The van der Waals surface area contributed by atoms with Crippen molar-refractivity contribution in [2.45, 2.75) is 18.2 Å². The number of amides is 1. The highest BCUT2D eigenvalue weighted by Crippen LogP contribution is 2.26. The molecule has 0 atom stereocenters. The molecule has 3 rings (SSSR count). The maximum absolute atomic E-state index is 12.7. The summed E-state index contributed by atoms with van der Waals surface area (Å²) in [4.78, 5) is 24.2. The first-order valence-electron chi connectivity index (χ1n) is 8.91. The van der Waals surface area contributed by atoms with Crippen LogP contribution in [0.15, 0.2) is 46.8 Å². The van der Waals surface area contributed by atoms with E-state index in [2.05, 4.69) is 20.2 Å². The maximum Gasteiger partial charge on any atom is 0.338 e. The number of hydrogen-bond donors (Lipinski definition) is 2. The molecular formula is C19H17ClN4O5S2. The van der Waals surface area contributed by atoms with E-state index < -0.39 is 21.9 Å². The molecule has 3 aromatic rings. The Kier molecular flexibility index (Phi) is 6.88. The van der Waals surface area contributed by atoms with Gasteiger partial charge in [-0.1, -0.05) is 41.1 Å². The molecule has 12 heteroatoms. The van der Waals surface area contributed by atoms with Crippen LogP contribution < -0.4 is 10.0 Å². The van der Waals surface area contributed by atoms with Crippen LogP contribution in [0.2, 0.25) is 5.02 Å². The number of benzene rings is 2. The lowest BCUT2D eigenvalue weighted by atomic mass is 10.1. The van der Waals surface area contributed by atoms with Crippen molar-refractivity contribution in [3.63, 3.8) is 0 Å². The van der Waals surface area contributed by atoms with E-state index in [1.54, 1.807) is 44.2 Å². The van der Waals surface area contributed by atoms with Crippen molar-refractivity contribution in [3.8, 4) is 0 Å². The van der Waals surface area contributed by atoms with E-state index in [1.807, 2.05) is 0 Å². The Morgan fingerprint density at radius 1 is 1.16 bits per heavy atom. The van der Waals surface area contributed by atoms with Crippen LogP contribution in [0.3, 0.4) is 0 Å². The van der Waals surface area contributed by atoms with Crippen LogP contribution >= 0.6 is 22.9 Å². The highest BCUT2D eigenvalue weighted by atomic mass is 35.5. The smallest absolute Gasteiger partial charge is 0.338 e. The zero-order valence-electron chi connectivity index (χ0n) is 16.4. The molecule has 0 aliphatic rings. The van der Waals surface area contributed by atoms with Crippen molar-refractivity contribution in [2.24, 2.45) is 0 Å². The van der Waals surface area contributed by atoms with Gasteiger partial charge in [0.2, 0.25) is 5.13 Å². The quantitative estimate of drug-likeness (QED) is 0.389. The van der Waals surface area contributed by atoms with Gasteiger partial charge in [0.05, 0.1) is 28.4 Å². The van der Waals surface area contributed by atoms with Crippen molar-refractivity contribution >= 4 is 55.7 Å². The molecule has 0 aliphatic heterocycles. The second-order valence-corrected chi connectivity index (χ2v) is 9.40. The third-order valence-corrected chi connectivity index (χ3v) is 6.87. The van der Waals surface area contributed by atoms with Crippen molar-refractivity contribution in [2.75, 3.05) is 16.6 Å². The second kappa shape index (κ2) is 9.41. The van der Waals surface area contributed by atoms with Crippen LogP contribution in [-0.4, -0.2) is 37.1 Å². The first-order valence-corrected chi connectivity index (χ1v) is 11.6. The lowest BCUT2D eigenvalue weighted by molar-refractivity contribution is 0.0526. The van der Waals surface area contributed by atoms with E-state index in [0.29, 0.717) is 16.9 Å². The summed E-state index contributed by atoms with van der Waals surface area (Å²) in [6.07, 6.45) is 0. The fraction of sp³-hybridized carbons (Fsp3) is 0.158. The zero-order valence-corrected chi connectivity index (χ0v) is 18.8. The van der Waals surface area contributed by atoms with Crippen LogP contribution in [-0.2, 0) is 14.8 Å². The molecule has 0 radical (unpaired) electrons. The Balaban J connectivity index is 1.79. The Labute approximate surface area is 187 Å². The fourth-order valence-corrected chi connectivity index (χ4v) is 4.68. The molecule has 9 nitrogen and oxygen atoms in total. The van der Waals surface area contributed by atoms with Gasteiger partial charge in [0, 0.05) is 0 Å². The summed E-state index contributed by atoms with van der Waals surface area (Å²) in [6.45, 7) is 3.55. The first kappa shape index (κ1) is 22.7. The standard InChI is InChI=1S/C19H17ClN4O5S2/c1-3-29-17(26)12-9-8-11(2)15(10-12)24-31(27,28)19-23-22-18(30-19)21-16(25)13-6-4-5-7-14(13)20/h4-10,24H,3H2,1-2H3,(H,21,22,25). The summed E-state index contributed by atoms with van der Waals surface area (Å²) in [6, 6.07) is 10.9. The van der Waals surface area contributed by atoms with Gasteiger partial charge in [-0.2, -0.15) is 8.42 Å². The van der Waals surface area contributed by atoms with Crippen molar-refractivity contribution in [1.82, 2.24) is 10.2 Å². The molecule has 0 unspecified atom stereocenters. The lowest BCUT2D eigenvalue weighted by Gasteiger charge is -2.10. The number of nitrogens with one attached hydrogen (secondary N) is 2. The molecule has 162 valence electrons. The van der Waals surface area contributed by atoms with E-state index in [1.165, 1.54) is 12.1 Å².